The fraction of sp³-hybridized carbons (Fsp3) is 0.333. The molecule has 1 amide bonds. The molecular formula is C21H22F3N3O. The topological polar surface area (TPSA) is 57.8 Å². The van der Waals surface area contributed by atoms with Crippen molar-refractivity contribution >= 4 is 16.9 Å². The summed E-state index contributed by atoms with van der Waals surface area (Å²) in [6.07, 6.45) is -1.84. The highest BCUT2D eigenvalue weighted by Gasteiger charge is 2.32. The van der Waals surface area contributed by atoms with Crippen molar-refractivity contribution in [1.29, 1.82) is 0 Å². The van der Waals surface area contributed by atoms with Crippen LogP contribution in [0.5, 0.6) is 0 Å². The molecule has 0 unspecified atom stereocenters. The number of halogens is 3. The molecular weight excluding hydrogens is 367 g/mol. The Morgan fingerprint density at radius 2 is 1.93 bits per heavy atom. The van der Waals surface area contributed by atoms with E-state index < -0.39 is 11.7 Å². The zero-order valence-corrected chi connectivity index (χ0v) is 15.6. The van der Waals surface area contributed by atoms with Crippen LogP contribution in [0, 0.1) is 0 Å². The standard InChI is InChI=1S/C21H22F3N3O/c1-2-5-19-26-17-10-8-14(12-18(17)27-19)9-11-20(28)25-13-15-6-3-4-7-16(15)21(22,23)24/h3-4,6-8,10,12H,2,5,9,11,13H2,1H3,(H,25,28)(H,26,27). The van der Waals surface area contributed by atoms with E-state index >= 15 is 0 Å². The first-order valence-electron chi connectivity index (χ1n) is 9.26. The van der Waals surface area contributed by atoms with Crippen molar-refractivity contribution in [2.45, 2.75) is 45.3 Å². The lowest BCUT2D eigenvalue weighted by Crippen LogP contribution is -2.24. The van der Waals surface area contributed by atoms with E-state index in [1.807, 2.05) is 18.2 Å². The molecule has 148 valence electrons. The molecule has 28 heavy (non-hydrogen) atoms. The molecule has 0 saturated carbocycles. The summed E-state index contributed by atoms with van der Waals surface area (Å²) >= 11 is 0. The third kappa shape index (κ3) is 4.91. The van der Waals surface area contributed by atoms with Crippen LogP contribution in [-0.2, 0) is 30.4 Å². The molecule has 0 bridgehead atoms. The summed E-state index contributed by atoms with van der Waals surface area (Å²) in [5.41, 5.74) is 2.14. The van der Waals surface area contributed by atoms with Crippen molar-refractivity contribution < 1.29 is 18.0 Å². The summed E-state index contributed by atoms with van der Waals surface area (Å²) in [5, 5.41) is 2.58. The Hall–Kier alpha value is -2.83. The predicted molar refractivity (Wildman–Crippen MR) is 102 cm³/mol. The number of aryl methyl sites for hydroxylation is 2. The van der Waals surface area contributed by atoms with Crippen molar-refractivity contribution in [2.75, 3.05) is 0 Å². The van der Waals surface area contributed by atoms with Crippen LogP contribution in [0.2, 0.25) is 0 Å². The van der Waals surface area contributed by atoms with Crippen LogP contribution in [-0.4, -0.2) is 15.9 Å². The lowest BCUT2D eigenvalue weighted by Gasteiger charge is -2.13. The summed E-state index contributed by atoms with van der Waals surface area (Å²) in [6, 6.07) is 11.1. The summed E-state index contributed by atoms with van der Waals surface area (Å²) in [4.78, 5) is 19.9. The van der Waals surface area contributed by atoms with E-state index in [4.69, 9.17) is 0 Å². The summed E-state index contributed by atoms with van der Waals surface area (Å²) in [5.74, 6) is 0.657. The number of fused-ring (bicyclic) bond motifs is 1. The van der Waals surface area contributed by atoms with Crippen LogP contribution in [0.1, 0.15) is 42.3 Å². The maximum Gasteiger partial charge on any atom is 0.416 e. The highest BCUT2D eigenvalue weighted by molar-refractivity contribution is 5.78. The second-order valence-electron chi connectivity index (χ2n) is 6.72. The molecule has 0 aliphatic carbocycles. The maximum absolute atomic E-state index is 13.0. The minimum Gasteiger partial charge on any atom is -0.352 e. The number of aromatic amines is 1. The van der Waals surface area contributed by atoms with Crippen LogP contribution >= 0.6 is 0 Å². The second kappa shape index (κ2) is 8.46. The molecule has 7 heteroatoms. The van der Waals surface area contributed by atoms with Gasteiger partial charge < -0.3 is 10.3 Å². The van der Waals surface area contributed by atoms with Crippen molar-refractivity contribution in [3.63, 3.8) is 0 Å². The predicted octanol–water partition coefficient (Wildman–Crippen LogP) is 4.78. The Morgan fingerprint density at radius 1 is 1.14 bits per heavy atom. The van der Waals surface area contributed by atoms with Gasteiger partial charge in [-0.1, -0.05) is 31.2 Å². The Morgan fingerprint density at radius 3 is 2.68 bits per heavy atom. The number of aromatic nitrogens is 2. The van der Waals surface area contributed by atoms with Gasteiger partial charge in [0.05, 0.1) is 16.6 Å². The highest BCUT2D eigenvalue weighted by atomic mass is 19.4. The first kappa shape index (κ1) is 19.9. The van der Waals surface area contributed by atoms with Crippen molar-refractivity contribution in [3.05, 3.63) is 65.0 Å². The van der Waals surface area contributed by atoms with Gasteiger partial charge in [0.25, 0.3) is 0 Å². The molecule has 0 aliphatic heterocycles. The van der Waals surface area contributed by atoms with Crippen LogP contribution in [0.25, 0.3) is 11.0 Å². The number of hydrogen-bond acceptors (Lipinski definition) is 2. The summed E-state index contributed by atoms with van der Waals surface area (Å²) in [6.45, 7) is 1.94. The SMILES string of the molecule is CCCc1nc2ccc(CCC(=O)NCc3ccccc3C(F)(F)F)cc2[nH]1. The monoisotopic (exact) mass is 389 g/mol. The first-order valence-corrected chi connectivity index (χ1v) is 9.26. The van der Waals surface area contributed by atoms with Crippen LogP contribution in [0.15, 0.2) is 42.5 Å². The average molecular weight is 389 g/mol. The molecule has 0 spiro atoms. The van der Waals surface area contributed by atoms with E-state index in [1.54, 1.807) is 0 Å². The molecule has 2 N–H and O–H groups in total. The van der Waals surface area contributed by atoms with Gasteiger partial charge in [0.2, 0.25) is 5.91 Å². The number of nitrogens with zero attached hydrogens (tertiary/aromatic N) is 1. The van der Waals surface area contributed by atoms with E-state index in [0.717, 1.165) is 41.3 Å². The van der Waals surface area contributed by atoms with E-state index in [2.05, 4.69) is 22.2 Å². The zero-order valence-electron chi connectivity index (χ0n) is 15.6. The van der Waals surface area contributed by atoms with Gasteiger partial charge in [0, 0.05) is 19.4 Å². The smallest absolute Gasteiger partial charge is 0.352 e. The number of rotatable bonds is 7. The molecule has 0 saturated heterocycles. The van der Waals surface area contributed by atoms with E-state index in [9.17, 15) is 18.0 Å². The van der Waals surface area contributed by atoms with Gasteiger partial charge in [-0.3, -0.25) is 4.79 Å². The minimum atomic E-state index is -4.43. The number of amides is 1. The van der Waals surface area contributed by atoms with E-state index in [0.29, 0.717) is 6.42 Å². The second-order valence-corrected chi connectivity index (χ2v) is 6.72. The normalized spacial score (nSPS) is 11.7. The number of nitrogens with one attached hydrogen (secondary N) is 2. The zero-order chi connectivity index (χ0) is 20.1. The highest BCUT2D eigenvalue weighted by Crippen LogP contribution is 2.31. The van der Waals surface area contributed by atoms with Gasteiger partial charge in [-0.25, -0.2) is 4.98 Å². The van der Waals surface area contributed by atoms with Gasteiger partial charge in [0.15, 0.2) is 0 Å². The van der Waals surface area contributed by atoms with Gasteiger partial charge in [-0.2, -0.15) is 13.2 Å². The van der Waals surface area contributed by atoms with Gasteiger partial charge >= 0.3 is 6.18 Å². The van der Waals surface area contributed by atoms with Crippen molar-refractivity contribution in [1.82, 2.24) is 15.3 Å². The molecule has 4 nitrogen and oxygen atoms in total. The Balaban J connectivity index is 1.57. The van der Waals surface area contributed by atoms with Crippen molar-refractivity contribution in [3.8, 4) is 0 Å². The van der Waals surface area contributed by atoms with Crippen LogP contribution in [0.4, 0.5) is 13.2 Å². The number of benzene rings is 2. The lowest BCUT2D eigenvalue weighted by molar-refractivity contribution is -0.138. The lowest BCUT2D eigenvalue weighted by atomic mass is 10.1. The molecule has 0 radical (unpaired) electrons. The first-order chi connectivity index (χ1) is 13.4. The quantitative estimate of drug-likeness (QED) is 0.611. The number of hydrogen-bond donors (Lipinski definition) is 2. The van der Waals surface area contributed by atoms with Gasteiger partial charge in [0.1, 0.15) is 5.82 Å². The molecule has 2 aromatic carbocycles. The number of carbonyl (C=O) groups is 1. The number of carbonyl (C=O) groups excluding carboxylic acids is 1. The molecule has 0 aliphatic rings. The molecule has 3 rings (SSSR count). The largest absolute Gasteiger partial charge is 0.416 e. The fourth-order valence-corrected chi connectivity index (χ4v) is 3.11. The summed E-state index contributed by atoms with van der Waals surface area (Å²) in [7, 11) is 0. The van der Waals surface area contributed by atoms with Gasteiger partial charge in [-0.15, -0.1) is 0 Å². The number of imidazole rings is 1. The number of H-pyrrole nitrogens is 1. The summed E-state index contributed by atoms with van der Waals surface area (Å²) < 4.78 is 39.0. The molecule has 0 fully saturated rings. The third-order valence-electron chi connectivity index (χ3n) is 4.52. The Bertz CT molecular complexity index is 963. The average Bonchev–Trinajstić information content (AvgIpc) is 3.06. The molecule has 0 atom stereocenters. The van der Waals surface area contributed by atoms with Crippen molar-refractivity contribution in [2.24, 2.45) is 0 Å². The number of alkyl halides is 3. The van der Waals surface area contributed by atoms with E-state index in [1.165, 1.54) is 18.2 Å². The molecule has 1 aromatic heterocycles. The van der Waals surface area contributed by atoms with E-state index in [-0.39, 0.29) is 24.4 Å². The molecule has 3 aromatic rings. The molecule has 1 heterocycles. The van der Waals surface area contributed by atoms with Gasteiger partial charge in [-0.05, 0) is 42.2 Å². The fourth-order valence-electron chi connectivity index (χ4n) is 3.11. The Labute approximate surface area is 161 Å². The Kier molecular flexibility index (Phi) is 6.02. The minimum absolute atomic E-state index is 0.0608. The third-order valence-corrected chi connectivity index (χ3v) is 4.52. The maximum atomic E-state index is 13.0. The van der Waals surface area contributed by atoms with Crippen LogP contribution < -0.4 is 5.32 Å². The van der Waals surface area contributed by atoms with Crippen LogP contribution in [0.3, 0.4) is 0 Å².